The van der Waals surface area contributed by atoms with Crippen molar-refractivity contribution in [3.8, 4) is 5.75 Å². The molecule has 24 heavy (non-hydrogen) atoms. The highest BCUT2D eigenvalue weighted by atomic mass is 19.1. The van der Waals surface area contributed by atoms with Crippen molar-refractivity contribution in [3.05, 3.63) is 65.0 Å². The van der Waals surface area contributed by atoms with E-state index in [0.29, 0.717) is 16.9 Å². The van der Waals surface area contributed by atoms with Gasteiger partial charge in [0.05, 0.1) is 20.6 Å². The number of hydrogen-bond donors (Lipinski definition) is 1. The van der Waals surface area contributed by atoms with E-state index in [9.17, 15) is 14.0 Å². The zero-order chi connectivity index (χ0) is 17.5. The molecule has 5 nitrogen and oxygen atoms in total. The number of ether oxygens (including phenoxy) is 2. The second kappa shape index (κ2) is 8.10. The predicted octanol–water partition coefficient (Wildman–Crippen LogP) is 2.48. The minimum absolute atomic E-state index is 0.0489. The Labute approximate surface area is 139 Å². The lowest BCUT2D eigenvalue weighted by Gasteiger charge is -2.10. The fourth-order valence-electron chi connectivity index (χ4n) is 2.21. The zero-order valence-electron chi connectivity index (χ0n) is 13.5. The predicted molar refractivity (Wildman–Crippen MR) is 86.3 cm³/mol. The van der Waals surface area contributed by atoms with Crippen LogP contribution in [-0.4, -0.2) is 26.1 Å². The normalized spacial score (nSPS) is 10.1. The van der Waals surface area contributed by atoms with Crippen LogP contribution in [0.3, 0.4) is 0 Å². The molecule has 0 spiro atoms. The Hall–Kier alpha value is -2.89. The van der Waals surface area contributed by atoms with Gasteiger partial charge in [0.2, 0.25) is 5.91 Å². The monoisotopic (exact) mass is 331 g/mol. The van der Waals surface area contributed by atoms with Crippen LogP contribution >= 0.6 is 0 Å². The van der Waals surface area contributed by atoms with E-state index in [1.165, 1.54) is 20.3 Å². The SMILES string of the molecule is COC(=O)c1cc(CNC(=O)Cc2ccccc2F)ccc1OC. The van der Waals surface area contributed by atoms with Gasteiger partial charge in [0.1, 0.15) is 17.1 Å². The number of methoxy groups -OCH3 is 2. The topological polar surface area (TPSA) is 64.6 Å². The van der Waals surface area contributed by atoms with Gasteiger partial charge in [0.15, 0.2) is 0 Å². The number of benzene rings is 2. The van der Waals surface area contributed by atoms with Crippen molar-refractivity contribution in [3.63, 3.8) is 0 Å². The van der Waals surface area contributed by atoms with Crippen LogP contribution in [0.2, 0.25) is 0 Å². The molecule has 1 amide bonds. The molecule has 0 heterocycles. The molecule has 2 aromatic carbocycles. The number of amides is 1. The van der Waals surface area contributed by atoms with Crippen LogP contribution in [0, 0.1) is 5.82 Å². The highest BCUT2D eigenvalue weighted by Gasteiger charge is 2.14. The largest absolute Gasteiger partial charge is 0.496 e. The van der Waals surface area contributed by atoms with E-state index in [0.717, 1.165) is 0 Å². The van der Waals surface area contributed by atoms with Crippen molar-refractivity contribution in [2.75, 3.05) is 14.2 Å². The van der Waals surface area contributed by atoms with Crippen LogP contribution < -0.4 is 10.1 Å². The maximum Gasteiger partial charge on any atom is 0.341 e. The molecule has 2 aromatic rings. The Balaban J connectivity index is 2.02. The van der Waals surface area contributed by atoms with E-state index in [4.69, 9.17) is 9.47 Å². The molecule has 0 fully saturated rings. The molecule has 0 aliphatic rings. The first kappa shape index (κ1) is 17.5. The van der Waals surface area contributed by atoms with E-state index >= 15 is 0 Å². The summed E-state index contributed by atoms with van der Waals surface area (Å²) in [6, 6.07) is 11.1. The Morgan fingerprint density at radius 3 is 2.54 bits per heavy atom. The van der Waals surface area contributed by atoms with Crippen molar-refractivity contribution >= 4 is 11.9 Å². The summed E-state index contributed by atoms with van der Waals surface area (Å²) in [5.41, 5.74) is 1.32. The van der Waals surface area contributed by atoms with Gasteiger partial charge in [-0.25, -0.2) is 9.18 Å². The van der Waals surface area contributed by atoms with Crippen LogP contribution in [0.4, 0.5) is 4.39 Å². The van der Waals surface area contributed by atoms with E-state index in [1.54, 1.807) is 36.4 Å². The fourth-order valence-corrected chi connectivity index (χ4v) is 2.21. The molecule has 0 bridgehead atoms. The Morgan fingerprint density at radius 1 is 1.12 bits per heavy atom. The van der Waals surface area contributed by atoms with E-state index < -0.39 is 11.8 Å². The van der Waals surface area contributed by atoms with Crippen molar-refractivity contribution in [1.29, 1.82) is 0 Å². The second-order valence-corrected chi connectivity index (χ2v) is 5.07. The van der Waals surface area contributed by atoms with Gasteiger partial charge < -0.3 is 14.8 Å². The van der Waals surface area contributed by atoms with E-state index in [1.807, 2.05) is 0 Å². The highest BCUT2D eigenvalue weighted by Crippen LogP contribution is 2.20. The summed E-state index contributed by atoms with van der Waals surface area (Å²) in [7, 11) is 2.74. The number of esters is 1. The summed E-state index contributed by atoms with van der Waals surface area (Å²) in [4.78, 5) is 23.7. The third-order valence-corrected chi connectivity index (χ3v) is 3.47. The highest BCUT2D eigenvalue weighted by molar-refractivity contribution is 5.92. The molecule has 0 saturated carbocycles. The first-order valence-electron chi connectivity index (χ1n) is 7.30. The number of nitrogens with one attached hydrogen (secondary N) is 1. The minimum atomic E-state index is -0.522. The standard InChI is InChI=1S/C18H18FNO4/c1-23-16-8-7-12(9-14(16)18(22)24-2)11-20-17(21)10-13-5-3-4-6-15(13)19/h3-9H,10-11H2,1-2H3,(H,20,21). The molecule has 1 N–H and O–H groups in total. The van der Waals surface area contributed by atoms with Crippen LogP contribution in [-0.2, 0) is 22.5 Å². The Bertz CT molecular complexity index is 746. The number of rotatable bonds is 6. The second-order valence-electron chi connectivity index (χ2n) is 5.07. The van der Waals surface area contributed by atoms with E-state index in [2.05, 4.69) is 5.32 Å². The molecule has 0 aliphatic heterocycles. The number of carbonyl (C=O) groups excluding carboxylic acids is 2. The van der Waals surface area contributed by atoms with Gasteiger partial charge in [-0.1, -0.05) is 24.3 Å². The first-order chi connectivity index (χ1) is 11.5. The molecule has 0 unspecified atom stereocenters. The minimum Gasteiger partial charge on any atom is -0.496 e. The summed E-state index contributed by atoms with van der Waals surface area (Å²) in [5, 5.41) is 2.70. The smallest absolute Gasteiger partial charge is 0.341 e. The van der Waals surface area contributed by atoms with Crippen molar-refractivity contribution in [1.82, 2.24) is 5.32 Å². The van der Waals surface area contributed by atoms with Gasteiger partial charge in [-0.2, -0.15) is 0 Å². The molecule has 126 valence electrons. The van der Waals surface area contributed by atoms with Gasteiger partial charge in [0, 0.05) is 6.54 Å². The molecule has 2 rings (SSSR count). The molecule has 6 heteroatoms. The lowest BCUT2D eigenvalue weighted by Crippen LogP contribution is -2.25. The Kier molecular flexibility index (Phi) is 5.89. The maximum absolute atomic E-state index is 13.5. The molecule has 0 aliphatic carbocycles. The lowest BCUT2D eigenvalue weighted by atomic mass is 10.1. The van der Waals surface area contributed by atoms with Gasteiger partial charge >= 0.3 is 5.97 Å². The summed E-state index contributed by atoms with van der Waals surface area (Å²) < 4.78 is 23.3. The quantitative estimate of drug-likeness (QED) is 0.826. The third-order valence-electron chi connectivity index (χ3n) is 3.47. The molecular formula is C18H18FNO4. The maximum atomic E-state index is 13.5. The zero-order valence-corrected chi connectivity index (χ0v) is 13.5. The average molecular weight is 331 g/mol. The van der Waals surface area contributed by atoms with Gasteiger partial charge in [-0.05, 0) is 29.3 Å². The fraction of sp³-hybridized carbons (Fsp3) is 0.222. The number of hydrogen-bond acceptors (Lipinski definition) is 4. The number of carbonyl (C=O) groups is 2. The van der Waals surface area contributed by atoms with Gasteiger partial charge in [0.25, 0.3) is 0 Å². The molecular weight excluding hydrogens is 313 g/mol. The van der Waals surface area contributed by atoms with Crippen LogP contribution in [0.5, 0.6) is 5.75 Å². The van der Waals surface area contributed by atoms with Crippen LogP contribution in [0.25, 0.3) is 0 Å². The molecule has 0 radical (unpaired) electrons. The lowest BCUT2D eigenvalue weighted by molar-refractivity contribution is -0.120. The third kappa shape index (κ3) is 4.32. The summed E-state index contributed by atoms with van der Waals surface area (Å²) in [6.45, 7) is 0.210. The molecule has 0 atom stereocenters. The average Bonchev–Trinajstić information content (AvgIpc) is 2.61. The van der Waals surface area contributed by atoms with Gasteiger partial charge in [-0.15, -0.1) is 0 Å². The molecule has 0 saturated heterocycles. The Morgan fingerprint density at radius 2 is 1.88 bits per heavy atom. The summed E-state index contributed by atoms with van der Waals surface area (Å²) in [5.74, 6) is -0.852. The first-order valence-corrected chi connectivity index (χ1v) is 7.30. The van der Waals surface area contributed by atoms with Crippen molar-refractivity contribution < 1.29 is 23.5 Å². The molecule has 0 aromatic heterocycles. The van der Waals surface area contributed by atoms with Crippen LogP contribution in [0.1, 0.15) is 21.5 Å². The number of halogens is 1. The van der Waals surface area contributed by atoms with E-state index in [-0.39, 0.29) is 24.4 Å². The van der Waals surface area contributed by atoms with Gasteiger partial charge in [-0.3, -0.25) is 4.79 Å². The van der Waals surface area contributed by atoms with Crippen molar-refractivity contribution in [2.24, 2.45) is 0 Å². The summed E-state index contributed by atoms with van der Waals surface area (Å²) >= 11 is 0. The van der Waals surface area contributed by atoms with Crippen molar-refractivity contribution in [2.45, 2.75) is 13.0 Å². The summed E-state index contributed by atoms with van der Waals surface area (Å²) in [6.07, 6.45) is -0.0489. The van der Waals surface area contributed by atoms with Crippen LogP contribution in [0.15, 0.2) is 42.5 Å².